The van der Waals surface area contributed by atoms with E-state index in [2.05, 4.69) is 20.7 Å². The van der Waals surface area contributed by atoms with E-state index in [1.54, 1.807) is 0 Å². The Kier molecular flexibility index (Phi) is 4.38. The third-order valence-electron chi connectivity index (χ3n) is 2.63. The molecule has 1 aromatic rings. The molecule has 0 amide bonds. The Morgan fingerprint density at radius 1 is 1.18 bits per heavy atom. The van der Waals surface area contributed by atoms with Gasteiger partial charge in [-0.3, -0.25) is 0 Å². The van der Waals surface area contributed by atoms with E-state index in [0.29, 0.717) is 4.90 Å². The highest BCUT2D eigenvalue weighted by atomic mass is 79.9. The maximum absolute atomic E-state index is 12.3. The van der Waals surface area contributed by atoms with E-state index in [0.717, 1.165) is 21.2 Å². The van der Waals surface area contributed by atoms with Gasteiger partial charge in [-0.1, -0.05) is 15.9 Å². The number of nitrogens with one attached hydrogen (secondary N) is 1. The third-order valence-corrected chi connectivity index (χ3v) is 5.39. The van der Waals surface area contributed by atoms with Crippen LogP contribution in [-0.2, 0) is 10.0 Å². The van der Waals surface area contributed by atoms with Gasteiger partial charge in [0.25, 0.3) is 0 Å². The summed E-state index contributed by atoms with van der Waals surface area (Å²) in [7, 11) is -3.45. The van der Waals surface area contributed by atoms with E-state index < -0.39 is 10.0 Å². The zero-order chi connectivity index (χ0) is 13.4. The van der Waals surface area contributed by atoms with Crippen LogP contribution in [-0.4, -0.2) is 14.5 Å². The molecule has 17 heavy (non-hydrogen) atoms. The first kappa shape index (κ1) is 14.7. The lowest BCUT2D eigenvalue weighted by atomic mass is 10.1. The third kappa shape index (κ3) is 3.09. The van der Waals surface area contributed by atoms with Crippen molar-refractivity contribution >= 4 is 26.0 Å². The van der Waals surface area contributed by atoms with Crippen LogP contribution in [0.25, 0.3) is 0 Å². The van der Waals surface area contributed by atoms with Gasteiger partial charge in [-0.05, 0) is 57.4 Å². The molecule has 0 unspecified atom stereocenters. The van der Waals surface area contributed by atoms with Gasteiger partial charge in [-0.25, -0.2) is 13.1 Å². The van der Waals surface area contributed by atoms with Gasteiger partial charge < -0.3 is 0 Å². The number of hydrogen-bond donors (Lipinski definition) is 1. The summed E-state index contributed by atoms with van der Waals surface area (Å²) in [6.07, 6.45) is 0. The second-order valence-electron chi connectivity index (χ2n) is 4.53. The molecule has 0 bridgehead atoms. The Morgan fingerprint density at radius 2 is 1.71 bits per heavy atom. The molecule has 0 saturated carbocycles. The highest BCUT2D eigenvalue weighted by molar-refractivity contribution is 9.10. The standard InChI is InChI=1S/C12H18BrNO2S/c1-7(2)14-17(15,16)12-9(4)8(3)6-11(13)10(12)5/h6-7,14H,1-5H3. The minimum atomic E-state index is -3.45. The Bertz CT molecular complexity index is 510. The molecule has 96 valence electrons. The van der Waals surface area contributed by atoms with Crippen LogP contribution in [0.3, 0.4) is 0 Å². The van der Waals surface area contributed by atoms with Crippen molar-refractivity contribution in [1.82, 2.24) is 4.72 Å². The molecule has 0 aromatic heterocycles. The van der Waals surface area contributed by atoms with Crippen molar-refractivity contribution < 1.29 is 8.42 Å². The Morgan fingerprint density at radius 3 is 2.18 bits per heavy atom. The van der Waals surface area contributed by atoms with E-state index in [-0.39, 0.29) is 6.04 Å². The van der Waals surface area contributed by atoms with Gasteiger partial charge in [0.2, 0.25) is 10.0 Å². The molecule has 0 aliphatic rings. The molecule has 0 aliphatic heterocycles. The Labute approximate surface area is 112 Å². The first-order valence-electron chi connectivity index (χ1n) is 5.45. The Balaban J connectivity index is 3.51. The predicted octanol–water partition coefficient (Wildman–Crippen LogP) is 3.06. The molecule has 3 nitrogen and oxygen atoms in total. The monoisotopic (exact) mass is 319 g/mol. The molecule has 5 heteroatoms. The number of halogens is 1. The maximum Gasteiger partial charge on any atom is 0.241 e. The van der Waals surface area contributed by atoms with Crippen molar-refractivity contribution in [2.24, 2.45) is 0 Å². The molecule has 1 rings (SSSR count). The van der Waals surface area contributed by atoms with Crippen molar-refractivity contribution in [1.29, 1.82) is 0 Å². The van der Waals surface area contributed by atoms with Gasteiger partial charge in [-0.2, -0.15) is 0 Å². The van der Waals surface area contributed by atoms with Gasteiger partial charge in [0, 0.05) is 10.5 Å². The van der Waals surface area contributed by atoms with E-state index in [4.69, 9.17) is 0 Å². The number of aryl methyl sites for hydroxylation is 1. The Hall–Kier alpha value is -0.390. The molecular formula is C12H18BrNO2S. The van der Waals surface area contributed by atoms with Gasteiger partial charge in [0.05, 0.1) is 4.90 Å². The summed E-state index contributed by atoms with van der Waals surface area (Å²) in [6.45, 7) is 9.18. The van der Waals surface area contributed by atoms with Crippen molar-refractivity contribution in [2.45, 2.75) is 45.6 Å². The molecule has 0 heterocycles. The molecule has 0 aliphatic carbocycles. The lowest BCUT2D eigenvalue weighted by molar-refractivity contribution is 0.568. The zero-order valence-electron chi connectivity index (χ0n) is 10.8. The summed E-state index contributed by atoms with van der Waals surface area (Å²) in [5.41, 5.74) is 2.52. The fourth-order valence-electron chi connectivity index (χ4n) is 1.75. The summed E-state index contributed by atoms with van der Waals surface area (Å²) in [5, 5.41) is 0. The SMILES string of the molecule is Cc1cc(Br)c(C)c(S(=O)(=O)NC(C)C)c1C. The van der Waals surface area contributed by atoms with Gasteiger partial charge in [0.15, 0.2) is 0 Å². The predicted molar refractivity (Wildman–Crippen MR) is 73.8 cm³/mol. The molecular weight excluding hydrogens is 302 g/mol. The molecule has 1 aromatic carbocycles. The van der Waals surface area contributed by atoms with Crippen LogP contribution < -0.4 is 4.72 Å². The van der Waals surface area contributed by atoms with Gasteiger partial charge >= 0.3 is 0 Å². The maximum atomic E-state index is 12.3. The minimum Gasteiger partial charge on any atom is -0.209 e. The first-order chi connectivity index (χ1) is 7.66. The average molecular weight is 320 g/mol. The van der Waals surface area contributed by atoms with Gasteiger partial charge in [-0.15, -0.1) is 0 Å². The van der Waals surface area contributed by atoms with Crippen LogP contribution in [0.4, 0.5) is 0 Å². The summed E-state index contributed by atoms with van der Waals surface area (Å²) in [6, 6.07) is 1.83. The van der Waals surface area contributed by atoms with Crippen LogP contribution in [0, 0.1) is 20.8 Å². The first-order valence-corrected chi connectivity index (χ1v) is 7.73. The molecule has 0 atom stereocenters. The van der Waals surface area contributed by atoms with Gasteiger partial charge in [0.1, 0.15) is 0 Å². The van der Waals surface area contributed by atoms with Crippen LogP contribution in [0.15, 0.2) is 15.4 Å². The number of hydrogen-bond acceptors (Lipinski definition) is 2. The van der Waals surface area contributed by atoms with Crippen molar-refractivity contribution in [3.8, 4) is 0 Å². The topological polar surface area (TPSA) is 46.2 Å². The number of sulfonamides is 1. The summed E-state index contributed by atoms with van der Waals surface area (Å²) < 4.78 is 28.0. The molecule has 1 N–H and O–H groups in total. The van der Waals surface area contributed by atoms with E-state index >= 15 is 0 Å². The van der Waals surface area contributed by atoms with Crippen LogP contribution in [0.5, 0.6) is 0 Å². The highest BCUT2D eigenvalue weighted by Gasteiger charge is 2.22. The molecule has 0 radical (unpaired) electrons. The quantitative estimate of drug-likeness (QED) is 0.930. The minimum absolute atomic E-state index is 0.113. The second kappa shape index (κ2) is 5.08. The van der Waals surface area contributed by atoms with E-state index in [1.807, 2.05) is 40.7 Å². The smallest absolute Gasteiger partial charge is 0.209 e. The fourth-order valence-corrected chi connectivity index (χ4v) is 4.24. The zero-order valence-corrected chi connectivity index (χ0v) is 13.2. The molecule has 0 fully saturated rings. The van der Waals surface area contributed by atoms with Crippen molar-refractivity contribution in [3.05, 3.63) is 27.2 Å². The fraction of sp³-hybridized carbons (Fsp3) is 0.500. The van der Waals surface area contributed by atoms with E-state index in [9.17, 15) is 8.42 Å². The lowest BCUT2D eigenvalue weighted by Crippen LogP contribution is -2.31. The van der Waals surface area contributed by atoms with Crippen molar-refractivity contribution in [2.75, 3.05) is 0 Å². The largest absolute Gasteiger partial charge is 0.241 e. The number of benzene rings is 1. The molecule has 0 spiro atoms. The summed E-state index contributed by atoms with van der Waals surface area (Å²) >= 11 is 3.40. The highest BCUT2D eigenvalue weighted by Crippen LogP contribution is 2.29. The second-order valence-corrected chi connectivity index (χ2v) is 7.04. The van der Waals surface area contributed by atoms with Crippen LogP contribution in [0.1, 0.15) is 30.5 Å². The van der Waals surface area contributed by atoms with Crippen molar-refractivity contribution in [3.63, 3.8) is 0 Å². The summed E-state index contributed by atoms with van der Waals surface area (Å²) in [5.74, 6) is 0. The lowest BCUT2D eigenvalue weighted by Gasteiger charge is -2.16. The number of rotatable bonds is 3. The summed E-state index contributed by atoms with van der Waals surface area (Å²) in [4.78, 5) is 0.387. The average Bonchev–Trinajstić information content (AvgIpc) is 2.12. The normalized spacial score (nSPS) is 12.2. The van der Waals surface area contributed by atoms with Crippen LogP contribution in [0.2, 0.25) is 0 Å². The van der Waals surface area contributed by atoms with Crippen LogP contribution >= 0.6 is 15.9 Å². The van der Waals surface area contributed by atoms with E-state index in [1.165, 1.54) is 0 Å². The molecule has 0 saturated heterocycles.